The van der Waals surface area contributed by atoms with Gasteiger partial charge in [-0.05, 0) is 37.6 Å². The number of hydrogen-bond donors (Lipinski definition) is 1. The largest absolute Gasteiger partial charge is 0.478 e. The summed E-state index contributed by atoms with van der Waals surface area (Å²) in [7, 11) is 0. The van der Waals surface area contributed by atoms with Gasteiger partial charge in [0, 0.05) is 6.04 Å². The fourth-order valence-corrected chi connectivity index (χ4v) is 2.13. The topological polar surface area (TPSA) is 55.1 Å². The molecule has 0 saturated carbocycles. The smallest absolute Gasteiger partial charge is 0.337 e. The average Bonchev–Trinajstić information content (AvgIpc) is 2.52. The van der Waals surface area contributed by atoms with Crippen molar-refractivity contribution in [3.8, 4) is 0 Å². The highest BCUT2D eigenvalue weighted by molar-refractivity contribution is 6.29. The number of aromatic nitrogens is 2. The van der Waals surface area contributed by atoms with Gasteiger partial charge in [0.25, 0.3) is 0 Å². The zero-order chi connectivity index (χ0) is 11.9. The zero-order valence-corrected chi connectivity index (χ0v) is 9.69. The first-order chi connectivity index (χ1) is 7.52. The Morgan fingerprint density at radius 2 is 2.19 bits per heavy atom. The fraction of sp³-hybridized carbons (Fsp3) is 0.273. The van der Waals surface area contributed by atoms with E-state index in [4.69, 9.17) is 16.7 Å². The standard InChI is InChI=1S/C11H11ClN2O2/c1-6(2)14-9-7(10(15)16)4-3-5-8(9)13-11(14)12/h3-6H,1-2H3,(H,15,16). The van der Waals surface area contributed by atoms with Crippen molar-refractivity contribution < 1.29 is 9.90 Å². The lowest BCUT2D eigenvalue weighted by Crippen LogP contribution is -2.05. The number of nitrogens with zero attached hydrogens (tertiary/aromatic N) is 2. The first-order valence-electron chi connectivity index (χ1n) is 4.92. The van der Waals surface area contributed by atoms with Crippen LogP contribution in [0.2, 0.25) is 5.28 Å². The third-order valence-electron chi connectivity index (χ3n) is 2.41. The summed E-state index contributed by atoms with van der Waals surface area (Å²) in [4.78, 5) is 15.3. The normalized spacial score (nSPS) is 11.2. The molecule has 0 radical (unpaired) electrons. The Labute approximate surface area is 97.5 Å². The number of fused-ring (bicyclic) bond motifs is 1. The second-order valence-corrected chi connectivity index (χ2v) is 4.16. The van der Waals surface area contributed by atoms with Gasteiger partial charge in [0.1, 0.15) is 0 Å². The Kier molecular flexibility index (Phi) is 2.59. The van der Waals surface area contributed by atoms with Gasteiger partial charge < -0.3 is 9.67 Å². The number of hydrogen-bond acceptors (Lipinski definition) is 2. The first kappa shape index (κ1) is 11.0. The Balaban J connectivity index is 2.88. The molecule has 1 aromatic heterocycles. The van der Waals surface area contributed by atoms with E-state index in [9.17, 15) is 4.79 Å². The Morgan fingerprint density at radius 3 is 2.75 bits per heavy atom. The van der Waals surface area contributed by atoms with Crippen molar-refractivity contribution in [3.63, 3.8) is 0 Å². The van der Waals surface area contributed by atoms with Crippen LogP contribution in [-0.2, 0) is 0 Å². The molecule has 0 atom stereocenters. The molecule has 0 aliphatic rings. The second kappa shape index (κ2) is 3.79. The zero-order valence-electron chi connectivity index (χ0n) is 8.94. The predicted molar refractivity (Wildman–Crippen MR) is 62.1 cm³/mol. The summed E-state index contributed by atoms with van der Waals surface area (Å²) in [5.74, 6) is -0.968. The highest BCUT2D eigenvalue weighted by Gasteiger charge is 2.17. The number of carboxylic acids is 1. The molecule has 4 nitrogen and oxygen atoms in total. The summed E-state index contributed by atoms with van der Waals surface area (Å²) >= 11 is 6.00. The molecule has 0 spiro atoms. The summed E-state index contributed by atoms with van der Waals surface area (Å²) in [5, 5.41) is 9.43. The number of aromatic carboxylic acids is 1. The fourth-order valence-electron chi connectivity index (χ4n) is 1.76. The van der Waals surface area contributed by atoms with Gasteiger partial charge in [0.2, 0.25) is 5.28 Å². The SMILES string of the molecule is CC(C)n1c(Cl)nc2cccc(C(=O)O)c21. The van der Waals surface area contributed by atoms with E-state index in [0.717, 1.165) is 0 Å². The van der Waals surface area contributed by atoms with Gasteiger partial charge in [-0.3, -0.25) is 0 Å². The summed E-state index contributed by atoms with van der Waals surface area (Å²) < 4.78 is 1.72. The number of imidazole rings is 1. The second-order valence-electron chi connectivity index (χ2n) is 3.82. The minimum absolute atomic E-state index is 0.0676. The van der Waals surface area contributed by atoms with Crippen LogP contribution >= 0.6 is 11.6 Å². The molecule has 0 aliphatic carbocycles. The third kappa shape index (κ3) is 1.55. The van der Waals surface area contributed by atoms with Gasteiger partial charge in [-0.25, -0.2) is 9.78 Å². The molecule has 16 heavy (non-hydrogen) atoms. The maximum atomic E-state index is 11.1. The van der Waals surface area contributed by atoms with E-state index in [2.05, 4.69) is 4.98 Å². The maximum absolute atomic E-state index is 11.1. The van der Waals surface area contributed by atoms with Crippen molar-refractivity contribution in [1.82, 2.24) is 9.55 Å². The molecule has 2 aromatic rings. The summed E-state index contributed by atoms with van der Waals surface area (Å²) in [5.41, 5.74) is 1.42. The van der Waals surface area contributed by atoms with E-state index in [1.54, 1.807) is 22.8 Å². The van der Waals surface area contributed by atoms with Crippen LogP contribution in [0.25, 0.3) is 11.0 Å². The van der Waals surface area contributed by atoms with Crippen LogP contribution in [0.5, 0.6) is 0 Å². The molecule has 1 heterocycles. The molecule has 1 aromatic carbocycles. The van der Waals surface area contributed by atoms with Crippen molar-refractivity contribution in [1.29, 1.82) is 0 Å². The van der Waals surface area contributed by atoms with E-state index < -0.39 is 5.97 Å². The molecule has 0 saturated heterocycles. The van der Waals surface area contributed by atoms with Crippen molar-refractivity contribution >= 4 is 28.6 Å². The van der Waals surface area contributed by atoms with E-state index in [-0.39, 0.29) is 11.6 Å². The molecular weight excluding hydrogens is 228 g/mol. The molecular formula is C11H11ClN2O2. The van der Waals surface area contributed by atoms with Crippen LogP contribution in [0.3, 0.4) is 0 Å². The van der Waals surface area contributed by atoms with Gasteiger partial charge >= 0.3 is 5.97 Å². The van der Waals surface area contributed by atoms with Crippen molar-refractivity contribution in [2.75, 3.05) is 0 Å². The Hall–Kier alpha value is -1.55. The number of carbonyl (C=O) groups is 1. The monoisotopic (exact) mass is 238 g/mol. The summed E-state index contributed by atoms with van der Waals surface area (Å²) in [6.07, 6.45) is 0. The van der Waals surface area contributed by atoms with Gasteiger partial charge in [-0.15, -0.1) is 0 Å². The molecule has 0 amide bonds. The lowest BCUT2D eigenvalue weighted by molar-refractivity contribution is 0.0698. The Morgan fingerprint density at radius 1 is 1.50 bits per heavy atom. The molecule has 0 aliphatic heterocycles. The molecule has 5 heteroatoms. The molecule has 0 fully saturated rings. The van der Waals surface area contributed by atoms with Crippen LogP contribution < -0.4 is 0 Å². The molecule has 0 bridgehead atoms. The molecule has 2 rings (SSSR count). The lowest BCUT2D eigenvalue weighted by atomic mass is 10.2. The van der Waals surface area contributed by atoms with Crippen LogP contribution in [0, 0.1) is 0 Å². The van der Waals surface area contributed by atoms with Crippen molar-refractivity contribution in [2.24, 2.45) is 0 Å². The molecule has 84 valence electrons. The van der Waals surface area contributed by atoms with E-state index in [1.807, 2.05) is 13.8 Å². The van der Waals surface area contributed by atoms with Crippen LogP contribution in [0.15, 0.2) is 18.2 Å². The van der Waals surface area contributed by atoms with Crippen LogP contribution in [0.4, 0.5) is 0 Å². The highest BCUT2D eigenvalue weighted by Crippen LogP contribution is 2.26. The molecule has 0 unspecified atom stereocenters. The van der Waals surface area contributed by atoms with Crippen molar-refractivity contribution in [3.05, 3.63) is 29.0 Å². The first-order valence-corrected chi connectivity index (χ1v) is 5.30. The number of carboxylic acid groups (broad SMARTS) is 1. The number of benzene rings is 1. The van der Waals surface area contributed by atoms with E-state index >= 15 is 0 Å². The van der Waals surface area contributed by atoms with Gasteiger partial charge in [-0.1, -0.05) is 6.07 Å². The minimum atomic E-state index is -0.968. The average molecular weight is 239 g/mol. The highest BCUT2D eigenvalue weighted by atomic mass is 35.5. The quantitative estimate of drug-likeness (QED) is 0.875. The van der Waals surface area contributed by atoms with Crippen LogP contribution in [0.1, 0.15) is 30.2 Å². The van der Waals surface area contributed by atoms with Gasteiger partial charge in [-0.2, -0.15) is 0 Å². The van der Waals surface area contributed by atoms with Crippen molar-refractivity contribution in [2.45, 2.75) is 19.9 Å². The number of para-hydroxylation sites is 1. The minimum Gasteiger partial charge on any atom is -0.478 e. The summed E-state index contributed by atoms with van der Waals surface area (Å²) in [6, 6.07) is 5.05. The predicted octanol–water partition coefficient (Wildman–Crippen LogP) is 2.97. The Bertz CT molecular complexity index is 560. The van der Waals surface area contributed by atoms with Gasteiger partial charge in [0.05, 0.1) is 16.6 Å². The third-order valence-corrected chi connectivity index (χ3v) is 2.68. The van der Waals surface area contributed by atoms with E-state index in [0.29, 0.717) is 16.3 Å². The van der Waals surface area contributed by atoms with Gasteiger partial charge in [0.15, 0.2) is 0 Å². The summed E-state index contributed by atoms with van der Waals surface area (Å²) in [6.45, 7) is 3.87. The van der Waals surface area contributed by atoms with E-state index in [1.165, 1.54) is 0 Å². The molecule has 1 N–H and O–H groups in total. The lowest BCUT2D eigenvalue weighted by Gasteiger charge is -2.10. The van der Waals surface area contributed by atoms with Crippen LogP contribution in [-0.4, -0.2) is 20.6 Å². The maximum Gasteiger partial charge on any atom is 0.337 e. The number of halogens is 1. The number of rotatable bonds is 2.